The van der Waals surface area contributed by atoms with Gasteiger partial charge < -0.3 is 5.32 Å². The van der Waals surface area contributed by atoms with Crippen molar-refractivity contribution in [1.82, 2.24) is 14.5 Å². The SMILES string of the molecule is CC(C)NCCCCn1ccn(C2CC2)c1=O. The van der Waals surface area contributed by atoms with Gasteiger partial charge in [0.05, 0.1) is 0 Å². The molecule has 0 amide bonds. The summed E-state index contributed by atoms with van der Waals surface area (Å²) in [6.07, 6.45) is 8.39. The first kappa shape index (κ1) is 12.4. The van der Waals surface area contributed by atoms with Gasteiger partial charge >= 0.3 is 5.69 Å². The van der Waals surface area contributed by atoms with Crippen LogP contribution >= 0.6 is 0 Å². The average Bonchev–Trinajstić information content (AvgIpc) is 3.05. The van der Waals surface area contributed by atoms with Gasteiger partial charge in [-0.1, -0.05) is 13.8 Å². The minimum atomic E-state index is 0.171. The Morgan fingerprint density at radius 3 is 2.76 bits per heavy atom. The Morgan fingerprint density at radius 1 is 1.35 bits per heavy atom. The van der Waals surface area contributed by atoms with Crippen LogP contribution in [0.5, 0.6) is 0 Å². The van der Waals surface area contributed by atoms with Crippen LogP contribution in [0.1, 0.15) is 45.6 Å². The first-order valence-electron chi connectivity index (χ1n) is 6.69. The Bertz CT molecular complexity index is 401. The highest BCUT2D eigenvalue weighted by atomic mass is 16.1. The van der Waals surface area contributed by atoms with Gasteiger partial charge in [-0.15, -0.1) is 0 Å². The van der Waals surface area contributed by atoms with Gasteiger partial charge in [-0.3, -0.25) is 9.13 Å². The Balaban J connectivity index is 1.73. The minimum absolute atomic E-state index is 0.171. The zero-order chi connectivity index (χ0) is 12.3. The van der Waals surface area contributed by atoms with Crippen molar-refractivity contribution in [2.45, 2.75) is 58.2 Å². The van der Waals surface area contributed by atoms with E-state index in [4.69, 9.17) is 0 Å². The highest BCUT2D eigenvalue weighted by molar-refractivity contribution is 4.91. The predicted molar refractivity (Wildman–Crippen MR) is 69.3 cm³/mol. The van der Waals surface area contributed by atoms with Crippen molar-refractivity contribution in [3.05, 3.63) is 22.9 Å². The lowest BCUT2D eigenvalue weighted by Gasteiger charge is -2.07. The molecule has 17 heavy (non-hydrogen) atoms. The molecule has 1 aliphatic carbocycles. The van der Waals surface area contributed by atoms with Crippen molar-refractivity contribution >= 4 is 0 Å². The molecule has 0 atom stereocenters. The van der Waals surface area contributed by atoms with E-state index >= 15 is 0 Å². The third kappa shape index (κ3) is 3.46. The van der Waals surface area contributed by atoms with E-state index in [1.807, 2.05) is 21.5 Å². The molecule has 0 bridgehead atoms. The summed E-state index contributed by atoms with van der Waals surface area (Å²) in [5, 5.41) is 3.39. The van der Waals surface area contributed by atoms with Crippen LogP contribution in [0.2, 0.25) is 0 Å². The Hall–Kier alpha value is -1.03. The van der Waals surface area contributed by atoms with Gasteiger partial charge in [-0.2, -0.15) is 0 Å². The standard InChI is InChI=1S/C13H23N3O/c1-11(2)14-7-3-4-8-15-9-10-16(13(15)17)12-5-6-12/h9-12,14H,3-8H2,1-2H3. The second-order valence-corrected chi connectivity index (χ2v) is 5.23. The topological polar surface area (TPSA) is 39.0 Å². The number of unbranched alkanes of at least 4 members (excludes halogenated alkanes) is 1. The summed E-state index contributed by atoms with van der Waals surface area (Å²) in [5.41, 5.74) is 0.171. The molecule has 1 aromatic heterocycles. The molecule has 2 rings (SSSR count). The first-order valence-corrected chi connectivity index (χ1v) is 6.69. The van der Waals surface area contributed by atoms with E-state index in [9.17, 15) is 4.79 Å². The number of aromatic nitrogens is 2. The van der Waals surface area contributed by atoms with Crippen LogP contribution in [-0.2, 0) is 6.54 Å². The van der Waals surface area contributed by atoms with E-state index < -0.39 is 0 Å². The number of rotatable bonds is 7. The van der Waals surface area contributed by atoms with Crippen LogP contribution in [0.3, 0.4) is 0 Å². The first-order chi connectivity index (χ1) is 8.18. The summed E-state index contributed by atoms with van der Waals surface area (Å²) < 4.78 is 3.72. The highest BCUT2D eigenvalue weighted by Crippen LogP contribution is 2.33. The van der Waals surface area contributed by atoms with E-state index in [0.717, 1.165) is 25.9 Å². The summed E-state index contributed by atoms with van der Waals surface area (Å²) in [7, 11) is 0. The number of aryl methyl sites for hydroxylation is 1. The number of hydrogen-bond donors (Lipinski definition) is 1. The van der Waals surface area contributed by atoms with E-state index in [0.29, 0.717) is 12.1 Å². The molecule has 96 valence electrons. The van der Waals surface area contributed by atoms with Gasteiger partial charge in [-0.05, 0) is 32.2 Å². The third-order valence-corrected chi connectivity index (χ3v) is 3.19. The van der Waals surface area contributed by atoms with Crippen molar-refractivity contribution in [3.63, 3.8) is 0 Å². The molecule has 0 radical (unpaired) electrons. The summed E-state index contributed by atoms with van der Waals surface area (Å²) in [4.78, 5) is 11.9. The van der Waals surface area contributed by atoms with Gasteiger partial charge in [0.1, 0.15) is 0 Å². The molecule has 1 saturated carbocycles. The molecule has 0 unspecified atom stereocenters. The van der Waals surface area contributed by atoms with Crippen molar-refractivity contribution in [3.8, 4) is 0 Å². The van der Waals surface area contributed by atoms with Crippen LogP contribution in [-0.4, -0.2) is 21.7 Å². The van der Waals surface area contributed by atoms with Crippen LogP contribution in [0.15, 0.2) is 17.2 Å². The van der Waals surface area contributed by atoms with Gasteiger partial charge in [-0.25, -0.2) is 4.79 Å². The van der Waals surface area contributed by atoms with Crippen molar-refractivity contribution < 1.29 is 0 Å². The maximum absolute atomic E-state index is 11.9. The normalized spacial score (nSPS) is 15.7. The Labute approximate surface area is 103 Å². The van der Waals surface area contributed by atoms with Crippen LogP contribution < -0.4 is 11.0 Å². The molecule has 1 heterocycles. The van der Waals surface area contributed by atoms with Crippen molar-refractivity contribution in [1.29, 1.82) is 0 Å². The number of nitrogens with zero attached hydrogens (tertiary/aromatic N) is 2. The lowest BCUT2D eigenvalue weighted by molar-refractivity contribution is 0.521. The number of imidazole rings is 1. The number of hydrogen-bond acceptors (Lipinski definition) is 2. The summed E-state index contributed by atoms with van der Waals surface area (Å²) >= 11 is 0. The molecular weight excluding hydrogens is 214 g/mol. The largest absolute Gasteiger partial charge is 0.328 e. The van der Waals surface area contributed by atoms with E-state index in [-0.39, 0.29) is 5.69 Å². The number of nitrogens with one attached hydrogen (secondary N) is 1. The monoisotopic (exact) mass is 237 g/mol. The van der Waals surface area contributed by atoms with Gasteiger partial charge in [0.15, 0.2) is 0 Å². The van der Waals surface area contributed by atoms with Crippen molar-refractivity contribution in [2.24, 2.45) is 0 Å². The van der Waals surface area contributed by atoms with Gasteiger partial charge in [0.2, 0.25) is 0 Å². The fourth-order valence-electron chi connectivity index (χ4n) is 2.03. The molecule has 1 N–H and O–H groups in total. The predicted octanol–water partition coefficient (Wildman–Crippen LogP) is 1.76. The molecule has 0 spiro atoms. The maximum atomic E-state index is 11.9. The fourth-order valence-corrected chi connectivity index (χ4v) is 2.03. The summed E-state index contributed by atoms with van der Waals surface area (Å²) in [5.74, 6) is 0. The molecule has 1 aromatic rings. The third-order valence-electron chi connectivity index (χ3n) is 3.19. The lowest BCUT2D eigenvalue weighted by atomic mass is 10.3. The summed E-state index contributed by atoms with van der Waals surface area (Å²) in [6.45, 7) is 6.19. The smallest absolute Gasteiger partial charge is 0.315 e. The Kier molecular flexibility index (Phi) is 4.05. The zero-order valence-corrected chi connectivity index (χ0v) is 10.9. The van der Waals surface area contributed by atoms with Gasteiger partial charge in [0, 0.05) is 31.0 Å². The molecule has 0 aliphatic heterocycles. The fraction of sp³-hybridized carbons (Fsp3) is 0.769. The van der Waals surface area contributed by atoms with Crippen LogP contribution in [0.4, 0.5) is 0 Å². The Morgan fingerprint density at radius 2 is 2.12 bits per heavy atom. The molecular formula is C13H23N3O. The molecule has 1 aliphatic rings. The molecule has 4 heteroatoms. The van der Waals surface area contributed by atoms with Crippen LogP contribution in [0, 0.1) is 0 Å². The average molecular weight is 237 g/mol. The second kappa shape index (κ2) is 5.54. The molecule has 0 saturated heterocycles. The molecule has 0 aromatic carbocycles. The minimum Gasteiger partial charge on any atom is -0.315 e. The van der Waals surface area contributed by atoms with E-state index in [1.165, 1.54) is 12.8 Å². The quantitative estimate of drug-likeness (QED) is 0.734. The van der Waals surface area contributed by atoms with Gasteiger partial charge in [0.25, 0.3) is 0 Å². The lowest BCUT2D eigenvalue weighted by Crippen LogP contribution is -2.25. The molecule has 4 nitrogen and oxygen atoms in total. The van der Waals surface area contributed by atoms with Crippen molar-refractivity contribution in [2.75, 3.05) is 6.54 Å². The van der Waals surface area contributed by atoms with Crippen LogP contribution in [0.25, 0.3) is 0 Å². The highest BCUT2D eigenvalue weighted by Gasteiger charge is 2.25. The summed E-state index contributed by atoms with van der Waals surface area (Å²) in [6, 6.07) is 1.04. The second-order valence-electron chi connectivity index (χ2n) is 5.23. The van der Waals surface area contributed by atoms with E-state index in [2.05, 4.69) is 19.2 Å². The zero-order valence-electron chi connectivity index (χ0n) is 10.9. The molecule has 1 fully saturated rings. The maximum Gasteiger partial charge on any atom is 0.328 e. The van der Waals surface area contributed by atoms with E-state index in [1.54, 1.807) is 0 Å².